The second-order valence-corrected chi connectivity index (χ2v) is 7.43. The van der Waals surface area contributed by atoms with Crippen molar-refractivity contribution in [2.45, 2.75) is 17.2 Å². The standard InChI is InChI=1S/C22H15F3N2OS/c23-16-7-5-14(6-8-16)21(28)26-20-19-4-2-1-3-15(19)13-27(20)17-9-11-18(12-10-17)29-22(24)25/h1-12,22H,13H2. The van der Waals surface area contributed by atoms with Crippen LogP contribution in [0, 0.1) is 5.82 Å². The topological polar surface area (TPSA) is 32.7 Å². The summed E-state index contributed by atoms with van der Waals surface area (Å²) >= 11 is 0.480. The first-order valence-electron chi connectivity index (χ1n) is 8.80. The van der Waals surface area contributed by atoms with Crippen LogP contribution in [-0.4, -0.2) is 17.5 Å². The van der Waals surface area contributed by atoms with Gasteiger partial charge in [-0.2, -0.15) is 13.8 Å². The van der Waals surface area contributed by atoms with Gasteiger partial charge >= 0.3 is 0 Å². The Hall–Kier alpha value is -3.06. The number of hydrogen-bond donors (Lipinski definition) is 0. The highest BCUT2D eigenvalue weighted by Crippen LogP contribution is 2.32. The third kappa shape index (κ3) is 4.19. The number of halogens is 3. The SMILES string of the molecule is O=C(N=C1c2ccccc2CN1c1ccc(SC(F)F)cc1)c1ccc(F)cc1. The van der Waals surface area contributed by atoms with Gasteiger partial charge < -0.3 is 4.90 Å². The van der Waals surface area contributed by atoms with Crippen LogP contribution in [0.2, 0.25) is 0 Å². The van der Waals surface area contributed by atoms with Crippen molar-refractivity contribution in [3.8, 4) is 0 Å². The molecule has 0 bridgehead atoms. The molecule has 3 aromatic rings. The lowest BCUT2D eigenvalue weighted by molar-refractivity contribution is 0.100. The summed E-state index contributed by atoms with van der Waals surface area (Å²) in [6.07, 6.45) is 0. The molecule has 0 aromatic heterocycles. The molecule has 0 fully saturated rings. The Balaban J connectivity index is 1.69. The molecule has 4 rings (SSSR count). The number of fused-ring (bicyclic) bond motifs is 1. The van der Waals surface area contributed by atoms with E-state index in [2.05, 4.69) is 4.99 Å². The average molecular weight is 412 g/mol. The predicted molar refractivity (Wildman–Crippen MR) is 108 cm³/mol. The molecule has 0 saturated heterocycles. The molecule has 3 aromatic carbocycles. The van der Waals surface area contributed by atoms with Crippen LogP contribution in [-0.2, 0) is 6.54 Å². The fourth-order valence-electron chi connectivity index (χ4n) is 3.16. The normalized spacial score (nSPS) is 14.5. The van der Waals surface area contributed by atoms with Gasteiger partial charge in [-0.15, -0.1) is 0 Å². The number of nitrogens with zero attached hydrogens (tertiary/aromatic N) is 2. The summed E-state index contributed by atoms with van der Waals surface area (Å²) in [5.41, 5.74) is 2.86. The van der Waals surface area contributed by atoms with Gasteiger partial charge in [-0.05, 0) is 54.1 Å². The van der Waals surface area contributed by atoms with E-state index in [1.807, 2.05) is 29.2 Å². The maximum absolute atomic E-state index is 13.1. The van der Waals surface area contributed by atoms with Crippen molar-refractivity contribution in [1.82, 2.24) is 0 Å². The Morgan fingerprint density at radius 2 is 1.66 bits per heavy atom. The minimum Gasteiger partial charge on any atom is -0.321 e. The number of benzene rings is 3. The van der Waals surface area contributed by atoms with Gasteiger partial charge in [-0.3, -0.25) is 4.79 Å². The maximum Gasteiger partial charge on any atom is 0.288 e. The van der Waals surface area contributed by atoms with Crippen LogP contribution in [0.1, 0.15) is 21.5 Å². The lowest BCUT2D eigenvalue weighted by atomic mass is 10.1. The molecule has 1 amide bonds. The number of amides is 1. The van der Waals surface area contributed by atoms with E-state index in [-0.39, 0.29) is 5.56 Å². The molecule has 29 heavy (non-hydrogen) atoms. The molecule has 0 saturated carbocycles. The van der Waals surface area contributed by atoms with E-state index in [4.69, 9.17) is 0 Å². The zero-order chi connectivity index (χ0) is 20.4. The van der Waals surface area contributed by atoms with E-state index in [1.165, 1.54) is 24.3 Å². The summed E-state index contributed by atoms with van der Waals surface area (Å²) in [5, 5.41) is 0. The van der Waals surface area contributed by atoms with Gasteiger partial charge in [0.25, 0.3) is 11.7 Å². The van der Waals surface area contributed by atoms with Crippen molar-refractivity contribution in [1.29, 1.82) is 0 Å². The number of carbonyl (C=O) groups excluding carboxylic acids is 1. The fraction of sp³-hybridized carbons (Fsp3) is 0.0909. The molecule has 3 nitrogen and oxygen atoms in total. The van der Waals surface area contributed by atoms with Gasteiger partial charge in [0.1, 0.15) is 11.7 Å². The van der Waals surface area contributed by atoms with Crippen molar-refractivity contribution in [3.63, 3.8) is 0 Å². The first-order valence-corrected chi connectivity index (χ1v) is 9.68. The quantitative estimate of drug-likeness (QED) is 0.512. The van der Waals surface area contributed by atoms with Crippen molar-refractivity contribution in [2.24, 2.45) is 4.99 Å². The summed E-state index contributed by atoms with van der Waals surface area (Å²) in [5.74, 6) is -2.91. The van der Waals surface area contributed by atoms with Gasteiger partial charge in [0.05, 0.1) is 6.54 Å². The summed E-state index contributed by atoms with van der Waals surface area (Å²) in [6.45, 7) is 0.507. The number of thioether (sulfide) groups is 1. The van der Waals surface area contributed by atoms with Crippen LogP contribution in [0.5, 0.6) is 0 Å². The first kappa shape index (κ1) is 19.3. The number of alkyl halides is 2. The van der Waals surface area contributed by atoms with Crippen LogP contribution in [0.3, 0.4) is 0 Å². The highest BCUT2D eigenvalue weighted by atomic mass is 32.2. The van der Waals surface area contributed by atoms with Crippen LogP contribution in [0.25, 0.3) is 0 Å². The van der Waals surface area contributed by atoms with Gasteiger partial charge in [-0.25, -0.2) is 4.39 Å². The molecule has 0 aliphatic carbocycles. The fourth-order valence-corrected chi connectivity index (χ4v) is 3.66. The van der Waals surface area contributed by atoms with Crippen LogP contribution >= 0.6 is 11.8 Å². The minimum absolute atomic E-state index is 0.284. The molecule has 0 radical (unpaired) electrons. The van der Waals surface area contributed by atoms with Gasteiger partial charge in [0.15, 0.2) is 0 Å². The van der Waals surface area contributed by atoms with Crippen molar-refractivity contribution in [3.05, 3.63) is 95.3 Å². The van der Waals surface area contributed by atoms with Crippen molar-refractivity contribution < 1.29 is 18.0 Å². The van der Waals surface area contributed by atoms with Gasteiger partial charge in [-0.1, -0.05) is 36.0 Å². The molecule has 0 N–H and O–H groups in total. The molecule has 146 valence electrons. The molecule has 0 unspecified atom stereocenters. The Labute approximate surface area is 169 Å². The number of aliphatic imine (C=N–C) groups is 1. The van der Waals surface area contributed by atoms with Crippen molar-refractivity contribution >= 4 is 29.2 Å². The third-order valence-electron chi connectivity index (χ3n) is 4.51. The monoisotopic (exact) mass is 412 g/mol. The molecule has 1 aliphatic rings. The van der Waals surface area contributed by atoms with E-state index in [1.54, 1.807) is 24.3 Å². The third-order valence-corrected chi connectivity index (χ3v) is 5.24. The van der Waals surface area contributed by atoms with E-state index < -0.39 is 17.5 Å². The van der Waals surface area contributed by atoms with Gasteiger partial charge in [0.2, 0.25) is 0 Å². The average Bonchev–Trinajstić information content (AvgIpc) is 3.07. The highest BCUT2D eigenvalue weighted by molar-refractivity contribution is 7.99. The van der Waals surface area contributed by atoms with Crippen LogP contribution < -0.4 is 4.90 Å². The Bertz CT molecular complexity index is 1070. The molecule has 0 atom stereocenters. The lowest BCUT2D eigenvalue weighted by Crippen LogP contribution is -2.25. The highest BCUT2D eigenvalue weighted by Gasteiger charge is 2.27. The first-order chi connectivity index (χ1) is 14.0. The molecule has 1 aliphatic heterocycles. The number of amidine groups is 1. The van der Waals surface area contributed by atoms with E-state index in [9.17, 15) is 18.0 Å². The molecular weight excluding hydrogens is 397 g/mol. The number of anilines is 1. The number of hydrogen-bond acceptors (Lipinski definition) is 2. The predicted octanol–water partition coefficient (Wildman–Crippen LogP) is 5.75. The van der Waals surface area contributed by atoms with Gasteiger partial charge in [0, 0.05) is 21.7 Å². The lowest BCUT2D eigenvalue weighted by Gasteiger charge is -2.19. The second-order valence-electron chi connectivity index (χ2n) is 6.36. The van der Waals surface area contributed by atoms with E-state index in [0.717, 1.165) is 16.8 Å². The smallest absolute Gasteiger partial charge is 0.288 e. The number of rotatable bonds is 4. The molecule has 1 heterocycles. The summed E-state index contributed by atoms with van der Waals surface area (Å²) in [7, 11) is 0. The minimum atomic E-state index is -2.48. The van der Waals surface area contributed by atoms with Crippen LogP contribution in [0.15, 0.2) is 82.7 Å². The zero-order valence-electron chi connectivity index (χ0n) is 15.1. The van der Waals surface area contributed by atoms with E-state index >= 15 is 0 Å². The van der Waals surface area contributed by atoms with E-state index in [0.29, 0.717) is 29.0 Å². The Morgan fingerprint density at radius 1 is 0.966 bits per heavy atom. The summed E-state index contributed by atoms with van der Waals surface area (Å²) in [6, 6.07) is 19.5. The zero-order valence-corrected chi connectivity index (χ0v) is 15.9. The Morgan fingerprint density at radius 3 is 2.34 bits per heavy atom. The number of carbonyl (C=O) groups is 1. The molecule has 7 heteroatoms. The second kappa shape index (κ2) is 8.13. The summed E-state index contributed by atoms with van der Waals surface area (Å²) < 4.78 is 38.3. The largest absolute Gasteiger partial charge is 0.321 e. The molecule has 0 spiro atoms. The van der Waals surface area contributed by atoms with Crippen molar-refractivity contribution in [2.75, 3.05) is 4.90 Å². The Kier molecular flexibility index (Phi) is 5.40. The molecular formula is C22H15F3N2OS. The van der Waals surface area contributed by atoms with Crippen LogP contribution in [0.4, 0.5) is 18.9 Å². The summed E-state index contributed by atoms with van der Waals surface area (Å²) in [4.78, 5) is 19.3. The maximum atomic E-state index is 13.1.